The van der Waals surface area contributed by atoms with E-state index >= 15 is 0 Å². The number of ether oxygens (including phenoxy) is 1. The number of rotatable bonds is 7. The van der Waals surface area contributed by atoms with Crippen LogP contribution in [0.4, 0.5) is 0 Å². The summed E-state index contributed by atoms with van der Waals surface area (Å²) >= 11 is 0. The molecule has 3 nitrogen and oxygen atoms in total. The molecule has 0 atom stereocenters. The molecule has 0 bridgehead atoms. The summed E-state index contributed by atoms with van der Waals surface area (Å²) in [7, 11) is -2.62. The number of carbonyl (C=O) groups is 1. The minimum absolute atomic E-state index is 0.0880. The van der Waals surface area contributed by atoms with E-state index in [2.05, 4.69) is 69.3 Å². The molecule has 0 radical (unpaired) electrons. The van der Waals surface area contributed by atoms with Crippen molar-refractivity contribution in [3.63, 3.8) is 0 Å². The summed E-state index contributed by atoms with van der Waals surface area (Å²) in [6.07, 6.45) is 2.76. The van der Waals surface area contributed by atoms with E-state index in [0.29, 0.717) is 13.2 Å². The van der Waals surface area contributed by atoms with Crippen LogP contribution in [0.15, 0.2) is 60.7 Å². The largest absolute Gasteiger partial charge is 0.465 e. The maximum absolute atomic E-state index is 12.7. The first kappa shape index (κ1) is 20.8. The monoisotopic (exact) mass is 396 g/mol. The number of carbonyl (C=O) groups excluding carboxylic acids is 1. The zero-order valence-electron chi connectivity index (χ0n) is 17.5. The smallest absolute Gasteiger partial charge is 0.314 e. The highest BCUT2D eigenvalue weighted by Gasteiger charge is 2.54. The molecule has 1 aliphatic rings. The van der Waals surface area contributed by atoms with Gasteiger partial charge in [-0.15, -0.1) is 0 Å². The Labute approximate surface area is 170 Å². The SMILES string of the molecule is CCOC(=O)C1(CO[Si](c2ccccc2)(c2ccccc2)C(C)(C)C)CCC1. The molecule has 28 heavy (non-hydrogen) atoms. The van der Waals surface area contributed by atoms with Crippen molar-refractivity contribution in [3.05, 3.63) is 60.7 Å². The van der Waals surface area contributed by atoms with Crippen LogP contribution in [0.3, 0.4) is 0 Å². The molecule has 1 aliphatic carbocycles. The molecule has 3 rings (SSSR count). The normalized spacial score (nSPS) is 16.3. The Balaban J connectivity index is 2.05. The molecule has 0 aromatic heterocycles. The van der Waals surface area contributed by atoms with Crippen molar-refractivity contribution in [2.45, 2.75) is 52.0 Å². The highest BCUT2D eigenvalue weighted by molar-refractivity contribution is 6.99. The molecule has 0 aliphatic heterocycles. The Hall–Kier alpha value is -1.91. The molecule has 1 saturated carbocycles. The topological polar surface area (TPSA) is 35.5 Å². The lowest BCUT2D eigenvalue weighted by atomic mass is 9.69. The van der Waals surface area contributed by atoms with Crippen molar-refractivity contribution in [3.8, 4) is 0 Å². The second kappa shape index (κ2) is 8.22. The average Bonchev–Trinajstić information content (AvgIpc) is 2.64. The van der Waals surface area contributed by atoms with Crippen LogP contribution in [0.2, 0.25) is 5.04 Å². The average molecular weight is 397 g/mol. The molecule has 0 saturated heterocycles. The van der Waals surface area contributed by atoms with E-state index in [-0.39, 0.29) is 11.0 Å². The molecule has 0 spiro atoms. The van der Waals surface area contributed by atoms with Gasteiger partial charge in [0, 0.05) is 0 Å². The fourth-order valence-corrected chi connectivity index (χ4v) is 8.95. The highest BCUT2D eigenvalue weighted by atomic mass is 28.4. The van der Waals surface area contributed by atoms with Crippen LogP contribution < -0.4 is 10.4 Å². The maximum Gasteiger partial charge on any atom is 0.314 e. The van der Waals surface area contributed by atoms with Crippen molar-refractivity contribution >= 4 is 24.7 Å². The quantitative estimate of drug-likeness (QED) is 0.517. The first-order valence-electron chi connectivity index (χ1n) is 10.3. The second-order valence-electron chi connectivity index (χ2n) is 8.81. The molecule has 2 aromatic rings. The fraction of sp³-hybridized carbons (Fsp3) is 0.458. The van der Waals surface area contributed by atoms with Crippen LogP contribution in [0.5, 0.6) is 0 Å². The molecule has 0 amide bonds. The lowest BCUT2D eigenvalue weighted by Gasteiger charge is -2.47. The lowest BCUT2D eigenvalue weighted by Crippen LogP contribution is -2.67. The van der Waals surface area contributed by atoms with Crippen molar-refractivity contribution in [2.75, 3.05) is 13.2 Å². The molecule has 150 valence electrons. The van der Waals surface area contributed by atoms with Crippen molar-refractivity contribution in [2.24, 2.45) is 5.41 Å². The van der Waals surface area contributed by atoms with Gasteiger partial charge >= 0.3 is 5.97 Å². The molecule has 0 N–H and O–H groups in total. The van der Waals surface area contributed by atoms with E-state index in [0.717, 1.165) is 19.3 Å². The van der Waals surface area contributed by atoms with Gasteiger partial charge in [0.1, 0.15) is 0 Å². The molecule has 0 heterocycles. The molecule has 2 aromatic carbocycles. The van der Waals surface area contributed by atoms with Gasteiger partial charge in [0.2, 0.25) is 0 Å². The van der Waals surface area contributed by atoms with Crippen LogP contribution in [0.1, 0.15) is 47.0 Å². The third kappa shape index (κ3) is 3.68. The summed E-state index contributed by atoms with van der Waals surface area (Å²) < 4.78 is 12.4. The van der Waals surface area contributed by atoms with Gasteiger partial charge in [-0.25, -0.2) is 0 Å². The van der Waals surface area contributed by atoms with Crippen molar-refractivity contribution in [1.82, 2.24) is 0 Å². The lowest BCUT2D eigenvalue weighted by molar-refractivity contribution is -0.164. The van der Waals surface area contributed by atoms with E-state index in [4.69, 9.17) is 9.16 Å². The highest BCUT2D eigenvalue weighted by Crippen LogP contribution is 2.45. The fourth-order valence-electron chi connectivity index (χ4n) is 4.30. The van der Waals surface area contributed by atoms with Gasteiger partial charge < -0.3 is 9.16 Å². The number of esters is 1. The predicted molar refractivity (Wildman–Crippen MR) is 116 cm³/mol. The molecule has 4 heteroatoms. The number of hydrogen-bond acceptors (Lipinski definition) is 3. The van der Waals surface area contributed by atoms with Crippen LogP contribution >= 0.6 is 0 Å². The van der Waals surface area contributed by atoms with Crippen LogP contribution in [-0.4, -0.2) is 27.5 Å². The zero-order valence-corrected chi connectivity index (χ0v) is 18.5. The van der Waals surface area contributed by atoms with Crippen LogP contribution in [0, 0.1) is 5.41 Å². The van der Waals surface area contributed by atoms with Gasteiger partial charge in [-0.05, 0) is 35.2 Å². The summed E-state index contributed by atoms with van der Waals surface area (Å²) in [5.41, 5.74) is -0.483. The first-order valence-corrected chi connectivity index (χ1v) is 12.2. The Kier molecular flexibility index (Phi) is 6.11. The van der Waals surface area contributed by atoms with Crippen molar-refractivity contribution < 1.29 is 14.0 Å². The third-order valence-electron chi connectivity index (χ3n) is 6.00. The van der Waals surface area contributed by atoms with Gasteiger partial charge in [-0.1, -0.05) is 87.9 Å². The summed E-state index contributed by atoms with van der Waals surface area (Å²) in [4.78, 5) is 12.7. The molecular formula is C24H32O3Si. The van der Waals surface area contributed by atoms with Gasteiger partial charge in [-0.2, -0.15) is 0 Å². The van der Waals surface area contributed by atoms with E-state index in [9.17, 15) is 4.79 Å². The van der Waals surface area contributed by atoms with E-state index in [1.807, 2.05) is 19.1 Å². The molecular weight excluding hydrogens is 364 g/mol. The Morgan fingerprint density at radius 1 is 0.964 bits per heavy atom. The van der Waals surface area contributed by atoms with Gasteiger partial charge in [0.15, 0.2) is 0 Å². The third-order valence-corrected chi connectivity index (χ3v) is 11.0. The van der Waals surface area contributed by atoms with Gasteiger partial charge in [0.05, 0.1) is 18.6 Å². The summed E-state index contributed by atoms with van der Waals surface area (Å²) in [5.74, 6) is -0.0980. The van der Waals surface area contributed by atoms with E-state index < -0.39 is 13.7 Å². The standard InChI is InChI=1S/C24H32O3Si/c1-5-26-22(25)24(17-12-18-24)19-27-28(23(2,3)4,20-13-8-6-9-14-20)21-15-10-7-11-16-21/h6-11,13-16H,5,12,17-19H2,1-4H3. The second-order valence-corrected chi connectivity index (χ2v) is 13.1. The Morgan fingerprint density at radius 2 is 1.46 bits per heavy atom. The minimum atomic E-state index is -2.62. The Morgan fingerprint density at radius 3 is 1.82 bits per heavy atom. The summed E-state index contributed by atoms with van der Waals surface area (Å²) in [6, 6.07) is 21.2. The number of benzene rings is 2. The zero-order chi connectivity index (χ0) is 20.3. The van der Waals surface area contributed by atoms with E-state index in [1.54, 1.807) is 0 Å². The summed E-state index contributed by atoms with van der Waals surface area (Å²) in [5, 5.41) is 2.40. The van der Waals surface area contributed by atoms with Gasteiger partial charge in [0.25, 0.3) is 8.32 Å². The van der Waals surface area contributed by atoms with Crippen molar-refractivity contribution in [1.29, 1.82) is 0 Å². The van der Waals surface area contributed by atoms with E-state index in [1.165, 1.54) is 10.4 Å². The summed E-state index contributed by atoms with van der Waals surface area (Å²) in [6.45, 7) is 9.50. The predicted octanol–water partition coefficient (Wildman–Crippen LogP) is 4.30. The van der Waals surface area contributed by atoms with Gasteiger partial charge in [-0.3, -0.25) is 4.79 Å². The van der Waals surface area contributed by atoms with Crippen LogP contribution in [0.25, 0.3) is 0 Å². The maximum atomic E-state index is 12.7. The molecule has 0 unspecified atom stereocenters. The van der Waals surface area contributed by atoms with Crippen LogP contribution in [-0.2, 0) is 14.0 Å². The first-order chi connectivity index (χ1) is 13.4. The number of hydrogen-bond donors (Lipinski definition) is 0. The minimum Gasteiger partial charge on any atom is -0.465 e. The molecule has 1 fully saturated rings. The Bertz CT molecular complexity index is 737.